The summed E-state index contributed by atoms with van der Waals surface area (Å²) in [4.78, 5) is 26.7. The summed E-state index contributed by atoms with van der Waals surface area (Å²) in [5, 5.41) is -0.220. The predicted octanol–water partition coefficient (Wildman–Crippen LogP) is 6.17. The molecule has 1 heterocycles. The lowest BCUT2D eigenvalue weighted by atomic mass is 10.1. The molecule has 2 aromatic rings. The second-order valence-electron chi connectivity index (χ2n) is 6.77. The Bertz CT molecular complexity index is 924. The fourth-order valence-electron chi connectivity index (χ4n) is 2.79. The number of thioether (sulfide) groups is 1. The lowest BCUT2D eigenvalue weighted by Crippen LogP contribution is -2.36. The van der Waals surface area contributed by atoms with Crippen LogP contribution in [-0.2, 0) is 11.4 Å². The van der Waals surface area contributed by atoms with Gasteiger partial charge in [0.2, 0.25) is 0 Å². The molecule has 146 valence electrons. The summed E-state index contributed by atoms with van der Waals surface area (Å²) in [6.45, 7) is 6.32. The molecule has 0 radical (unpaired) electrons. The van der Waals surface area contributed by atoms with Crippen LogP contribution < -0.4 is 4.74 Å². The highest BCUT2D eigenvalue weighted by atomic mass is 79.9. The molecule has 1 saturated heterocycles. The highest BCUT2D eigenvalue weighted by Crippen LogP contribution is 2.36. The van der Waals surface area contributed by atoms with Crippen LogP contribution in [0, 0.1) is 6.92 Å². The molecule has 3 rings (SSSR count). The van der Waals surface area contributed by atoms with E-state index in [4.69, 9.17) is 4.74 Å². The summed E-state index contributed by atoms with van der Waals surface area (Å²) < 4.78 is 6.88. The summed E-state index contributed by atoms with van der Waals surface area (Å²) >= 11 is 4.45. The molecule has 0 spiro atoms. The zero-order chi connectivity index (χ0) is 20.3. The van der Waals surface area contributed by atoms with Crippen molar-refractivity contribution in [2.75, 3.05) is 0 Å². The normalized spacial score (nSPS) is 16.7. The first-order valence-electron chi connectivity index (χ1n) is 9.14. The van der Waals surface area contributed by atoms with Gasteiger partial charge in [0, 0.05) is 16.1 Å². The molecule has 4 nitrogen and oxygen atoms in total. The van der Waals surface area contributed by atoms with Gasteiger partial charge in [-0.15, -0.1) is 0 Å². The fourth-order valence-corrected chi connectivity index (χ4v) is 4.09. The second kappa shape index (κ2) is 8.97. The van der Waals surface area contributed by atoms with E-state index in [2.05, 4.69) is 15.9 Å². The van der Waals surface area contributed by atoms with E-state index in [1.807, 2.05) is 63.2 Å². The number of carbonyl (C=O) groups is 2. The van der Waals surface area contributed by atoms with Crippen LogP contribution in [0.5, 0.6) is 5.75 Å². The average molecular weight is 460 g/mol. The molecule has 6 heteroatoms. The number of halogens is 1. The highest BCUT2D eigenvalue weighted by Gasteiger charge is 2.37. The van der Waals surface area contributed by atoms with Crippen molar-refractivity contribution in [1.82, 2.24) is 4.90 Å². The van der Waals surface area contributed by atoms with E-state index in [-0.39, 0.29) is 17.2 Å². The van der Waals surface area contributed by atoms with Crippen molar-refractivity contribution in [2.45, 2.75) is 39.8 Å². The summed E-state index contributed by atoms with van der Waals surface area (Å²) in [5.41, 5.74) is 3.03. The van der Waals surface area contributed by atoms with Crippen LogP contribution in [0.25, 0.3) is 6.08 Å². The van der Waals surface area contributed by atoms with Crippen molar-refractivity contribution < 1.29 is 14.3 Å². The maximum absolute atomic E-state index is 12.7. The van der Waals surface area contributed by atoms with Crippen LogP contribution >= 0.6 is 27.7 Å². The van der Waals surface area contributed by atoms with E-state index in [0.717, 1.165) is 33.8 Å². The molecule has 2 aromatic carbocycles. The Labute approximate surface area is 178 Å². The molecule has 0 bridgehead atoms. The van der Waals surface area contributed by atoms with Gasteiger partial charge in [-0.05, 0) is 61.9 Å². The van der Waals surface area contributed by atoms with E-state index in [0.29, 0.717) is 17.3 Å². The first-order valence-corrected chi connectivity index (χ1v) is 10.7. The zero-order valence-electron chi connectivity index (χ0n) is 16.1. The number of benzene rings is 2. The Morgan fingerprint density at radius 3 is 2.57 bits per heavy atom. The molecule has 0 aliphatic carbocycles. The monoisotopic (exact) mass is 459 g/mol. The van der Waals surface area contributed by atoms with Gasteiger partial charge in [0.05, 0.1) is 4.91 Å². The maximum atomic E-state index is 12.7. The van der Waals surface area contributed by atoms with E-state index in [1.54, 1.807) is 6.08 Å². The number of ether oxygens (including phenoxy) is 1. The standard InChI is InChI=1S/C22H22BrNO3S/c1-4-15(3)24-21(25)20(28-22(24)26)12-17-11-18(23)9-10-19(17)27-13-16-7-5-14(2)6-8-16/h5-12,15H,4,13H2,1-3H3/b20-12+/t15-/m1/s1. The largest absolute Gasteiger partial charge is 0.488 e. The van der Waals surface area contributed by atoms with Crippen LogP contribution in [-0.4, -0.2) is 22.1 Å². The lowest BCUT2D eigenvalue weighted by Gasteiger charge is -2.19. The molecular weight excluding hydrogens is 438 g/mol. The van der Waals surface area contributed by atoms with Crippen molar-refractivity contribution in [3.8, 4) is 5.75 Å². The third kappa shape index (κ3) is 4.67. The number of nitrogens with zero attached hydrogens (tertiary/aromatic N) is 1. The minimum atomic E-state index is -0.242. The minimum Gasteiger partial charge on any atom is -0.488 e. The average Bonchev–Trinajstić information content (AvgIpc) is 2.95. The quantitative estimate of drug-likeness (QED) is 0.484. The van der Waals surface area contributed by atoms with Crippen molar-refractivity contribution in [1.29, 1.82) is 0 Å². The van der Waals surface area contributed by atoms with Gasteiger partial charge in [-0.2, -0.15) is 0 Å². The molecule has 1 aliphatic rings. The SMILES string of the molecule is CC[C@@H](C)N1C(=O)S/C(=C/c2cc(Br)ccc2OCc2ccc(C)cc2)C1=O. The molecular formula is C22H22BrNO3S. The zero-order valence-corrected chi connectivity index (χ0v) is 18.5. The van der Waals surface area contributed by atoms with Crippen LogP contribution in [0.15, 0.2) is 51.8 Å². The van der Waals surface area contributed by atoms with Gasteiger partial charge in [-0.3, -0.25) is 14.5 Å². The number of rotatable bonds is 6. The molecule has 0 unspecified atom stereocenters. The van der Waals surface area contributed by atoms with E-state index >= 15 is 0 Å². The topological polar surface area (TPSA) is 46.6 Å². The van der Waals surface area contributed by atoms with Crippen molar-refractivity contribution in [3.63, 3.8) is 0 Å². The Kier molecular flexibility index (Phi) is 6.62. The van der Waals surface area contributed by atoms with Gasteiger partial charge in [-0.25, -0.2) is 0 Å². The van der Waals surface area contributed by atoms with Crippen LogP contribution in [0.3, 0.4) is 0 Å². The molecule has 2 amide bonds. The molecule has 28 heavy (non-hydrogen) atoms. The van der Waals surface area contributed by atoms with Crippen LogP contribution in [0.2, 0.25) is 0 Å². The van der Waals surface area contributed by atoms with Crippen molar-refractivity contribution in [3.05, 3.63) is 68.5 Å². The number of amides is 2. The van der Waals surface area contributed by atoms with Gasteiger partial charge in [-0.1, -0.05) is 52.7 Å². The molecule has 0 aromatic heterocycles. The lowest BCUT2D eigenvalue weighted by molar-refractivity contribution is -0.124. The number of carbonyl (C=O) groups excluding carboxylic acids is 2. The smallest absolute Gasteiger partial charge is 0.293 e. The van der Waals surface area contributed by atoms with Crippen LogP contribution in [0.1, 0.15) is 37.0 Å². The molecule has 1 fully saturated rings. The summed E-state index contributed by atoms with van der Waals surface area (Å²) in [6.07, 6.45) is 2.47. The molecule has 0 N–H and O–H groups in total. The van der Waals surface area contributed by atoms with E-state index in [9.17, 15) is 9.59 Å². The predicted molar refractivity (Wildman–Crippen MR) is 117 cm³/mol. The Morgan fingerprint density at radius 2 is 1.89 bits per heavy atom. The second-order valence-corrected chi connectivity index (χ2v) is 8.67. The number of hydrogen-bond donors (Lipinski definition) is 0. The molecule has 1 atom stereocenters. The minimum absolute atomic E-state index is 0.113. The Morgan fingerprint density at radius 1 is 1.18 bits per heavy atom. The fraction of sp³-hybridized carbons (Fsp3) is 0.273. The summed E-state index contributed by atoms with van der Waals surface area (Å²) in [5.74, 6) is 0.424. The molecule has 1 aliphatic heterocycles. The number of aryl methyl sites for hydroxylation is 1. The Balaban J connectivity index is 1.84. The van der Waals surface area contributed by atoms with Gasteiger partial charge in [0.25, 0.3) is 11.1 Å². The summed E-state index contributed by atoms with van der Waals surface area (Å²) in [6, 6.07) is 13.7. The van der Waals surface area contributed by atoms with Gasteiger partial charge in [0.15, 0.2) is 0 Å². The van der Waals surface area contributed by atoms with E-state index < -0.39 is 0 Å². The van der Waals surface area contributed by atoms with Crippen molar-refractivity contribution >= 4 is 44.9 Å². The third-order valence-electron chi connectivity index (χ3n) is 4.63. The van der Waals surface area contributed by atoms with Gasteiger partial charge >= 0.3 is 0 Å². The van der Waals surface area contributed by atoms with Gasteiger partial charge < -0.3 is 4.74 Å². The number of imide groups is 1. The highest BCUT2D eigenvalue weighted by molar-refractivity contribution is 9.10. The molecule has 0 saturated carbocycles. The summed E-state index contributed by atoms with van der Waals surface area (Å²) in [7, 11) is 0. The third-order valence-corrected chi connectivity index (χ3v) is 6.01. The first kappa shape index (κ1) is 20.7. The number of hydrogen-bond acceptors (Lipinski definition) is 4. The van der Waals surface area contributed by atoms with E-state index in [1.165, 1.54) is 10.5 Å². The Hall–Kier alpha value is -2.05. The van der Waals surface area contributed by atoms with Crippen molar-refractivity contribution in [2.24, 2.45) is 0 Å². The van der Waals surface area contributed by atoms with Crippen LogP contribution in [0.4, 0.5) is 4.79 Å². The first-order chi connectivity index (χ1) is 13.4. The maximum Gasteiger partial charge on any atom is 0.293 e. The van der Waals surface area contributed by atoms with Gasteiger partial charge in [0.1, 0.15) is 12.4 Å².